The summed E-state index contributed by atoms with van der Waals surface area (Å²) in [6.45, 7) is 4.19. The standard InChI is InChI=1S/C16H16N2O4/c1-3-18-12-7-6-11(9-14(12)22-10(2)16(18)20)17-15(19)13-5-4-8-21-13/h4-10H,3H2,1-2H3,(H,17,19). The summed E-state index contributed by atoms with van der Waals surface area (Å²) >= 11 is 0. The number of furan rings is 1. The molecule has 1 atom stereocenters. The van der Waals surface area contributed by atoms with Crippen LogP contribution in [0.4, 0.5) is 11.4 Å². The maximum absolute atomic E-state index is 12.1. The first kappa shape index (κ1) is 14.2. The highest BCUT2D eigenvalue weighted by Crippen LogP contribution is 2.36. The Kier molecular flexibility index (Phi) is 3.58. The molecule has 0 fully saturated rings. The van der Waals surface area contributed by atoms with E-state index in [-0.39, 0.29) is 17.6 Å². The lowest BCUT2D eigenvalue weighted by Crippen LogP contribution is -2.44. The van der Waals surface area contributed by atoms with Crippen molar-refractivity contribution in [3.05, 3.63) is 42.4 Å². The number of likely N-dealkylation sites (N-methyl/N-ethyl adjacent to an activating group) is 1. The van der Waals surface area contributed by atoms with Crippen LogP contribution in [-0.2, 0) is 4.79 Å². The smallest absolute Gasteiger partial charge is 0.291 e. The van der Waals surface area contributed by atoms with Gasteiger partial charge in [-0.3, -0.25) is 9.59 Å². The summed E-state index contributed by atoms with van der Waals surface area (Å²) in [5, 5.41) is 2.74. The van der Waals surface area contributed by atoms with Crippen molar-refractivity contribution in [2.75, 3.05) is 16.8 Å². The molecule has 3 rings (SSSR count). The summed E-state index contributed by atoms with van der Waals surface area (Å²) in [4.78, 5) is 25.7. The van der Waals surface area contributed by atoms with Gasteiger partial charge in [0.1, 0.15) is 5.75 Å². The van der Waals surface area contributed by atoms with Gasteiger partial charge in [-0.15, -0.1) is 0 Å². The van der Waals surface area contributed by atoms with E-state index in [4.69, 9.17) is 9.15 Å². The number of nitrogens with one attached hydrogen (secondary N) is 1. The summed E-state index contributed by atoms with van der Waals surface area (Å²) in [6, 6.07) is 8.44. The average Bonchev–Trinajstić information content (AvgIpc) is 3.03. The Morgan fingerprint density at radius 3 is 2.86 bits per heavy atom. The fourth-order valence-corrected chi connectivity index (χ4v) is 2.41. The van der Waals surface area contributed by atoms with Crippen LogP contribution in [0.25, 0.3) is 0 Å². The zero-order chi connectivity index (χ0) is 15.7. The Labute approximate surface area is 127 Å². The van der Waals surface area contributed by atoms with Gasteiger partial charge in [0.15, 0.2) is 11.9 Å². The summed E-state index contributed by atoms with van der Waals surface area (Å²) in [5.41, 5.74) is 1.29. The van der Waals surface area contributed by atoms with Crippen molar-refractivity contribution >= 4 is 23.2 Å². The van der Waals surface area contributed by atoms with Crippen molar-refractivity contribution in [2.45, 2.75) is 20.0 Å². The number of ether oxygens (including phenoxy) is 1. The van der Waals surface area contributed by atoms with Gasteiger partial charge in [-0.05, 0) is 38.1 Å². The predicted octanol–water partition coefficient (Wildman–Crippen LogP) is 2.67. The molecule has 0 saturated heterocycles. The van der Waals surface area contributed by atoms with E-state index < -0.39 is 6.10 Å². The minimum atomic E-state index is -0.538. The molecule has 6 nitrogen and oxygen atoms in total. The molecule has 1 aromatic heterocycles. The molecule has 0 spiro atoms. The third kappa shape index (κ3) is 2.43. The van der Waals surface area contributed by atoms with Crippen molar-refractivity contribution in [3.63, 3.8) is 0 Å². The number of nitrogens with zero attached hydrogens (tertiary/aromatic N) is 1. The number of carbonyl (C=O) groups excluding carboxylic acids is 2. The van der Waals surface area contributed by atoms with E-state index >= 15 is 0 Å². The summed E-state index contributed by atoms with van der Waals surface area (Å²) in [6.07, 6.45) is 0.903. The molecule has 0 bridgehead atoms. The normalized spacial score (nSPS) is 16.9. The first-order valence-electron chi connectivity index (χ1n) is 7.07. The van der Waals surface area contributed by atoms with Crippen LogP contribution in [0.1, 0.15) is 24.4 Å². The number of benzene rings is 1. The van der Waals surface area contributed by atoms with E-state index in [2.05, 4.69) is 5.32 Å². The number of amides is 2. The lowest BCUT2D eigenvalue weighted by atomic mass is 10.1. The van der Waals surface area contributed by atoms with Gasteiger partial charge in [0, 0.05) is 18.3 Å². The molecule has 1 aliphatic rings. The second-order valence-electron chi connectivity index (χ2n) is 4.96. The minimum absolute atomic E-state index is 0.0672. The number of rotatable bonds is 3. The summed E-state index contributed by atoms with van der Waals surface area (Å²) in [5.74, 6) is 0.406. The highest BCUT2D eigenvalue weighted by atomic mass is 16.5. The number of carbonyl (C=O) groups is 2. The first-order chi connectivity index (χ1) is 10.6. The van der Waals surface area contributed by atoms with E-state index in [0.717, 1.165) is 0 Å². The molecule has 0 radical (unpaired) electrons. The van der Waals surface area contributed by atoms with Gasteiger partial charge >= 0.3 is 0 Å². The molecule has 2 amide bonds. The van der Waals surface area contributed by atoms with Crippen molar-refractivity contribution in [3.8, 4) is 5.75 Å². The Hall–Kier alpha value is -2.76. The molecule has 6 heteroatoms. The molecular formula is C16H16N2O4. The van der Waals surface area contributed by atoms with Crippen LogP contribution < -0.4 is 15.0 Å². The Morgan fingerprint density at radius 1 is 1.36 bits per heavy atom. The third-order valence-corrected chi connectivity index (χ3v) is 3.49. The van der Waals surface area contributed by atoms with Gasteiger partial charge in [0.25, 0.3) is 11.8 Å². The highest BCUT2D eigenvalue weighted by molar-refractivity contribution is 6.03. The third-order valence-electron chi connectivity index (χ3n) is 3.49. The Bertz CT molecular complexity index is 709. The van der Waals surface area contributed by atoms with E-state index in [1.54, 1.807) is 42.2 Å². The van der Waals surface area contributed by atoms with E-state index in [1.165, 1.54) is 6.26 Å². The molecule has 1 unspecified atom stereocenters. The molecule has 22 heavy (non-hydrogen) atoms. The predicted molar refractivity (Wildman–Crippen MR) is 81.2 cm³/mol. The fourth-order valence-electron chi connectivity index (χ4n) is 2.41. The Balaban J connectivity index is 1.86. The lowest BCUT2D eigenvalue weighted by molar-refractivity contribution is -0.125. The molecule has 1 aromatic carbocycles. The van der Waals surface area contributed by atoms with Crippen LogP contribution in [0.3, 0.4) is 0 Å². The van der Waals surface area contributed by atoms with E-state index in [1.807, 2.05) is 6.92 Å². The molecule has 2 aromatic rings. The van der Waals surface area contributed by atoms with Crippen LogP contribution in [-0.4, -0.2) is 24.5 Å². The first-order valence-corrected chi connectivity index (χ1v) is 7.07. The molecule has 114 valence electrons. The molecule has 2 heterocycles. The molecular weight excluding hydrogens is 284 g/mol. The summed E-state index contributed by atoms with van der Waals surface area (Å²) < 4.78 is 10.7. The van der Waals surface area contributed by atoms with Gasteiger partial charge in [-0.25, -0.2) is 0 Å². The number of anilines is 2. The average molecular weight is 300 g/mol. The largest absolute Gasteiger partial charge is 0.479 e. The zero-order valence-corrected chi connectivity index (χ0v) is 12.3. The SMILES string of the molecule is CCN1C(=O)C(C)Oc2cc(NC(=O)c3ccco3)ccc21. The summed E-state index contributed by atoms with van der Waals surface area (Å²) in [7, 11) is 0. The molecule has 0 saturated carbocycles. The van der Waals surface area contributed by atoms with Crippen LogP contribution in [0.5, 0.6) is 5.75 Å². The van der Waals surface area contributed by atoms with Crippen molar-refractivity contribution in [2.24, 2.45) is 0 Å². The lowest BCUT2D eigenvalue weighted by Gasteiger charge is -2.32. The van der Waals surface area contributed by atoms with Crippen LogP contribution in [0.2, 0.25) is 0 Å². The fraction of sp³-hybridized carbons (Fsp3) is 0.250. The highest BCUT2D eigenvalue weighted by Gasteiger charge is 2.30. The molecule has 1 N–H and O–H groups in total. The van der Waals surface area contributed by atoms with Crippen LogP contribution >= 0.6 is 0 Å². The van der Waals surface area contributed by atoms with Crippen molar-refractivity contribution < 1.29 is 18.7 Å². The van der Waals surface area contributed by atoms with Gasteiger partial charge in [0.05, 0.1) is 12.0 Å². The minimum Gasteiger partial charge on any atom is -0.479 e. The van der Waals surface area contributed by atoms with Gasteiger partial charge in [-0.2, -0.15) is 0 Å². The monoisotopic (exact) mass is 300 g/mol. The van der Waals surface area contributed by atoms with Gasteiger partial charge < -0.3 is 19.4 Å². The Morgan fingerprint density at radius 2 is 2.18 bits per heavy atom. The number of hydrogen-bond acceptors (Lipinski definition) is 4. The van der Waals surface area contributed by atoms with Crippen molar-refractivity contribution in [1.82, 2.24) is 0 Å². The van der Waals surface area contributed by atoms with Crippen LogP contribution in [0.15, 0.2) is 41.0 Å². The van der Waals surface area contributed by atoms with Gasteiger partial charge in [-0.1, -0.05) is 0 Å². The number of fused-ring (bicyclic) bond motifs is 1. The van der Waals surface area contributed by atoms with Gasteiger partial charge in [0.2, 0.25) is 0 Å². The molecule has 0 aliphatic carbocycles. The quantitative estimate of drug-likeness (QED) is 0.946. The molecule has 1 aliphatic heterocycles. The second-order valence-corrected chi connectivity index (χ2v) is 4.96. The van der Waals surface area contributed by atoms with Crippen LogP contribution in [0, 0.1) is 0 Å². The maximum atomic E-state index is 12.1. The zero-order valence-electron chi connectivity index (χ0n) is 12.3. The van der Waals surface area contributed by atoms with E-state index in [0.29, 0.717) is 23.7 Å². The number of hydrogen-bond donors (Lipinski definition) is 1. The topological polar surface area (TPSA) is 71.8 Å². The second kappa shape index (κ2) is 5.55. The maximum Gasteiger partial charge on any atom is 0.291 e. The van der Waals surface area contributed by atoms with E-state index in [9.17, 15) is 9.59 Å². The van der Waals surface area contributed by atoms with Crippen molar-refractivity contribution in [1.29, 1.82) is 0 Å².